The lowest BCUT2D eigenvalue weighted by Gasteiger charge is -2.45. The molecule has 5 atom stereocenters. The van der Waals surface area contributed by atoms with Crippen molar-refractivity contribution < 1.29 is 24.1 Å². The lowest BCUT2D eigenvalue weighted by atomic mass is 9.75. The normalized spacial score (nSPS) is 30.0. The molecule has 0 amide bonds. The topological polar surface area (TPSA) is 77.0 Å². The van der Waals surface area contributed by atoms with Gasteiger partial charge in [-0.25, -0.2) is 4.79 Å². The van der Waals surface area contributed by atoms with E-state index >= 15 is 0 Å². The summed E-state index contributed by atoms with van der Waals surface area (Å²) in [7, 11) is 0. The largest absolute Gasteiger partial charge is 0.464 e. The van der Waals surface area contributed by atoms with Gasteiger partial charge in [-0.2, -0.15) is 0 Å². The number of carbonyl (C=O) groups is 1. The van der Waals surface area contributed by atoms with Crippen molar-refractivity contribution in [3.8, 4) is 0 Å². The van der Waals surface area contributed by atoms with Crippen molar-refractivity contribution >= 4 is 5.97 Å². The van der Waals surface area contributed by atoms with E-state index in [0.717, 1.165) is 70.6 Å². The number of ether oxygens (including phenoxy) is 3. The van der Waals surface area contributed by atoms with Gasteiger partial charge in [0.05, 0.1) is 18.8 Å². The number of esters is 1. The van der Waals surface area contributed by atoms with Crippen molar-refractivity contribution in [3.05, 3.63) is 0 Å². The van der Waals surface area contributed by atoms with Crippen molar-refractivity contribution in [1.82, 2.24) is 5.32 Å². The van der Waals surface area contributed by atoms with Gasteiger partial charge in [-0.3, -0.25) is 5.32 Å². The summed E-state index contributed by atoms with van der Waals surface area (Å²) in [4.78, 5) is 12.8. The van der Waals surface area contributed by atoms with Crippen LogP contribution in [0.15, 0.2) is 0 Å². The smallest absolute Gasteiger partial charge is 0.335 e. The van der Waals surface area contributed by atoms with Gasteiger partial charge in [0.1, 0.15) is 0 Å². The molecule has 1 aliphatic carbocycles. The minimum atomic E-state index is -0.956. The van der Waals surface area contributed by atoms with Gasteiger partial charge < -0.3 is 19.3 Å². The van der Waals surface area contributed by atoms with Crippen LogP contribution < -0.4 is 5.32 Å². The van der Waals surface area contributed by atoms with Gasteiger partial charge >= 0.3 is 5.97 Å². The molecule has 2 rings (SSSR count). The van der Waals surface area contributed by atoms with Gasteiger partial charge in [-0.15, -0.1) is 0 Å². The molecule has 1 saturated carbocycles. The quantitative estimate of drug-likeness (QED) is 0.178. The number of aliphatic hydroxyl groups is 1. The van der Waals surface area contributed by atoms with Gasteiger partial charge in [0.15, 0.2) is 6.10 Å². The van der Waals surface area contributed by atoms with Crippen LogP contribution >= 0.6 is 0 Å². The molecule has 2 aliphatic rings. The predicted octanol–water partition coefficient (Wildman–Crippen LogP) is 5.85. The van der Waals surface area contributed by atoms with Crippen LogP contribution in [0.3, 0.4) is 0 Å². The summed E-state index contributed by atoms with van der Waals surface area (Å²) in [6.45, 7) is 9.18. The highest BCUT2D eigenvalue weighted by Gasteiger charge is 2.43. The Labute approximate surface area is 202 Å². The fourth-order valence-corrected chi connectivity index (χ4v) is 5.51. The van der Waals surface area contributed by atoms with E-state index < -0.39 is 17.6 Å². The first-order chi connectivity index (χ1) is 15.8. The summed E-state index contributed by atoms with van der Waals surface area (Å²) in [5, 5.41) is 14.5. The van der Waals surface area contributed by atoms with Crippen molar-refractivity contribution in [2.45, 2.75) is 148 Å². The maximum atomic E-state index is 12.8. The molecule has 2 fully saturated rings. The standard InChI is InChI=1S/C27H51NO5/c1-5-8-9-10-11-17-24(25(29)31-7-3)33-27(19-12-13-20-32-27)28-23(15-6-2)22-16-14-18-26(4,30)21-22/h22-24,28,30H,5-21H2,1-4H3. The Morgan fingerprint density at radius 1 is 1.06 bits per heavy atom. The van der Waals surface area contributed by atoms with Crippen LogP contribution in [0.4, 0.5) is 0 Å². The molecule has 0 aromatic rings. The predicted molar refractivity (Wildman–Crippen MR) is 132 cm³/mol. The molecule has 0 aromatic carbocycles. The fourth-order valence-electron chi connectivity index (χ4n) is 5.51. The van der Waals surface area contributed by atoms with Crippen LogP contribution in [0.25, 0.3) is 0 Å². The highest BCUT2D eigenvalue weighted by Crippen LogP contribution is 2.37. The molecule has 6 heteroatoms. The summed E-state index contributed by atoms with van der Waals surface area (Å²) in [6.07, 6.45) is 14.3. The Balaban J connectivity index is 2.13. The third kappa shape index (κ3) is 9.83. The highest BCUT2D eigenvalue weighted by molar-refractivity contribution is 5.74. The molecule has 5 unspecified atom stereocenters. The van der Waals surface area contributed by atoms with Crippen molar-refractivity contribution in [2.75, 3.05) is 13.2 Å². The Hall–Kier alpha value is -0.690. The summed E-state index contributed by atoms with van der Waals surface area (Å²) < 4.78 is 18.2. The molecule has 194 valence electrons. The first-order valence-corrected chi connectivity index (χ1v) is 13.8. The molecule has 0 aromatic heterocycles. The number of hydrogen-bond acceptors (Lipinski definition) is 6. The van der Waals surface area contributed by atoms with Crippen molar-refractivity contribution in [1.29, 1.82) is 0 Å². The van der Waals surface area contributed by atoms with Crippen LogP contribution in [-0.2, 0) is 19.0 Å². The molecule has 1 saturated heterocycles. The Morgan fingerprint density at radius 3 is 2.48 bits per heavy atom. The van der Waals surface area contributed by atoms with E-state index in [0.29, 0.717) is 25.6 Å². The minimum absolute atomic E-state index is 0.187. The van der Waals surface area contributed by atoms with E-state index in [9.17, 15) is 9.90 Å². The zero-order chi connectivity index (χ0) is 24.2. The third-order valence-corrected chi connectivity index (χ3v) is 7.25. The van der Waals surface area contributed by atoms with Crippen LogP contribution in [0.1, 0.15) is 124 Å². The van der Waals surface area contributed by atoms with E-state index in [1.54, 1.807) is 0 Å². The first kappa shape index (κ1) is 28.5. The summed E-state index contributed by atoms with van der Waals surface area (Å²) in [5.41, 5.74) is -0.607. The SMILES string of the molecule is CCCCCCCC(OC1(NC(CCC)C2CCCC(C)(O)C2)CCCCO1)C(=O)OCC. The minimum Gasteiger partial charge on any atom is -0.464 e. The zero-order valence-electron chi connectivity index (χ0n) is 21.8. The maximum absolute atomic E-state index is 12.8. The zero-order valence-corrected chi connectivity index (χ0v) is 21.8. The van der Waals surface area contributed by atoms with Crippen LogP contribution in [0.5, 0.6) is 0 Å². The monoisotopic (exact) mass is 469 g/mol. The Kier molecular flexibility index (Phi) is 12.7. The highest BCUT2D eigenvalue weighted by atomic mass is 16.7. The average Bonchev–Trinajstić information content (AvgIpc) is 2.78. The van der Waals surface area contributed by atoms with Gasteiger partial charge in [-0.05, 0) is 64.7 Å². The van der Waals surface area contributed by atoms with Gasteiger partial charge in [0.25, 0.3) is 0 Å². The first-order valence-electron chi connectivity index (χ1n) is 13.8. The number of rotatable bonds is 15. The van der Waals surface area contributed by atoms with Crippen molar-refractivity contribution in [3.63, 3.8) is 0 Å². The molecule has 0 radical (unpaired) electrons. The second-order valence-electron chi connectivity index (χ2n) is 10.5. The lowest BCUT2D eigenvalue weighted by Crippen LogP contribution is -2.60. The fraction of sp³-hybridized carbons (Fsp3) is 0.963. The summed E-state index contributed by atoms with van der Waals surface area (Å²) in [5.74, 6) is -0.867. The van der Waals surface area contributed by atoms with E-state index in [2.05, 4.69) is 19.2 Å². The average molecular weight is 470 g/mol. The van der Waals surface area contributed by atoms with E-state index in [1.165, 1.54) is 19.3 Å². The molecule has 0 spiro atoms. The van der Waals surface area contributed by atoms with Crippen LogP contribution in [0.2, 0.25) is 0 Å². The molecule has 33 heavy (non-hydrogen) atoms. The van der Waals surface area contributed by atoms with E-state index in [4.69, 9.17) is 14.2 Å². The van der Waals surface area contributed by atoms with Gasteiger partial charge in [0.2, 0.25) is 5.91 Å². The number of unbranched alkanes of at least 4 members (excludes halogenated alkanes) is 4. The molecular formula is C27H51NO5. The molecule has 2 N–H and O–H groups in total. The van der Waals surface area contributed by atoms with Crippen LogP contribution in [0, 0.1) is 5.92 Å². The van der Waals surface area contributed by atoms with Gasteiger partial charge in [-0.1, -0.05) is 58.8 Å². The molecule has 1 heterocycles. The van der Waals surface area contributed by atoms with E-state index in [1.807, 2.05) is 13.8 Å². The van der Waals surface area contributed by atoms with Crippen LogP contribution in [-0.4, -0.2) is 47.9 Å². The molecular weight excluding hydrogens is 418 g/mol. The number of carbonyl (C=O) groups excluding carboxylic acids is 1. The molecule has 1 aliphatic heterocycles. The van der Waals surface area contributed by atoms with E-state index in [-0.39, 0.29) is 12.0 Å². The summed E-state index contributed by atoms with van der Waals surface area (Å²) in [6, 6.07) is 0.187. The Bertz CT molecular complexity index is 547. The molecule has 6 nitrogen and oxygen atoms in total. The third-order valence-electron chi connectivity index (χ3n) is 7.25. The Morgan fingerprint density at radius 2 is 1.85 bits per heavy atom. The maximum Gasteiger partial charge on any atom is 0.335 e. The number of hydrogen-bond donors (Lipinski definition) is 2. The van der Waals surface area contributed by atoms with Crippen molar-refractivity contribution in [2.24, 2.45) is 5.92 Å². The lowest BCUT2D eigenvalue weighted by molar-refractivity contribution is -0.299. The second kappa shape index (κ2) is 14.7. The number of nitrogens with one attached hydrogen (secondary N) is 1. The second-order valence-corrected chi connectivity index (χ2v) is 10.5. The summed E-state index contributed by atoms with van der Waals surface area (Å²) >= 11 is 0. The molecule has 0 bridgehead atoms. The van der Waals surface area contributed by atoms with Gasteiger partial charge in [0, 0.05) is 12.5 Å².